The van der Waals surface area contributed by atoms with Gasteiger partial charge >= 0.3 is 0 Å². The van der Waals surface area contributed by atoms with E-state index in [4.69, 9.17) is 27.9 Å². The number of rotatable bonds is 5. The van der Waals surface area contributed by atoms with Gasteiger partial charge in [0.15, 0.2) is 0 Å². The van der Waals surface area contributed by atoms with Crippen molar-refractivity contribution in [3.05, 3.63) is 57.6 Å². The second-order valence-electron chi connectivity index (χ2n) is 5.43. The fourth-order valence-electron chi connectivity index (χ4n) is 2.09. The Kier molecular flexibility index (Phi) is 4.39. The van der Waals surface area contributed by atoms with Crippen LogP contribution in [0.4, 0.5) is 0 Å². The Hall–Kier alpha value is -1.22. The minimum absolute atomic E-state index is 0.615. The van der Waals surface area contributed by atoms with Crippen molar-refractivity contribution in [3.63, 3.8) is 0 Å². The van der Waals surface area contributed by atoms with Gasteiger partial charge in [-0.15, -0.1) is 0 Å². The Morgan fingerprint density at radius 2 is 1.90 bits per heavy atom. The molecule has 0 aliphatic heterocycles. The Morgan fingerprint density at radius 3 is 2.62 bits per heavy atom. The topological polar surface area (TPSA) is 21.3 Å². The fraction of sp³-hybridized carbons (Fsp3) is 0.294. The first-order chi connectivity index (χ1) is 10.1. The van der Waals surface area contributed by atoms with Gasteiger partial charge in [-0.2, -0.15) is 0 Å². The summed E-state index contributed by atoms with van der Waals surface area (Å²) in [5.74, 6) is 1.38. The van der Waals surface area contributed by atoms with Crippen molar-refractivity contribution in [1.29, 1.82) is 0 Å². The number of nitrogens with one attached hydrogen (secondary N) is 1. The van der Waals surface area contributed by atoms with Gasteiger partial charge in [-0.1, -0.05) is 35.3 Å². The average molecular weight is 322 g/mol. The van der Waals surface area contributed by atoms with Crippen LogP contribution >= 0.6 is 23.2 Å². The predicted octanol–water partition coefficient (Wildman–Crippen LogP) is 5.35. The zero-order chi connectivity index (χ0) is 14.8. The fourth-order valence-corrected chi connectivity index (χ4v) is 2.49. The van der Waals surface area contributed by atoms with Gasteiger partial charge < -0.3 is 10.1 Å². The molecule has 1 fully saturated rings. The maximum absolute atomic E-state index is 6.32. The van der Waals surface area contributed by atoms with Gasteiger partial charge in [0.25, 0.3) is 0 Å². The number of benzene rings is 2. The van der Waals surface area contributed by atoms with Crippen LogP contribution in [0.1, 0.15) is 24.0 Å². The summed E-state index contributed by atoms with van der Waals surface area (Å²) in [6.07, 6.45) is 2.56. The van der Waals surface area contributed by atoms with E-state index < -0.39 is 0 Å². The summed E-state index contributed by atoms with van der Waals surface area (Å²) in [5, 5.41) is 4.73. The number of halogens is 2. The molecule has 1 N–H and O–H groups in total. The molecule has 0 aromatic heterocycles. The lowest BCUT2D eigenvalue weighted by Crippen LogP contribution is -2.15. The third-order valence-corrected chi connectivity index (χ3v) is 4.07. The lowest BCUT2D eigenvalue weighted by molar-refractivity contribution is 0.479. The van der Waals surface area contributed by atoms with Gasteiger partial charge in [-0.25, -0.2) is 0 Å². The van der Waals surface area contributed by atoms with Crippen molar-refractivity contribution < 1.29 is 4.74 Å². The van der Waals surface area contributed by atoms with Gasteiger partial charge in [0.1, 0.15) is 11.5 Å². The summed E-state index contributed by atoms with van der Waals surface area (Å²) in [6.45, 7) is 2.83. The highest BCUT2D eigenvalue weighted by atomic mass is 35.5. The standard InChI is InChI=1S/C17H17Cl2NO/c1-11-2-4-13(18)9-17(11)21-16-7-3-12(8-15(16)19)10-20-14-5-6-14/h2-4,7-9,14,20H,5-6,10H2,1H3. The summed E-state index contributed by atoms with van der Waals surface area (Å²) >= 11 is 12.3. The molecule has 1 aliphatic rings. The van der Waals surface area contributed by atoms with Crippen molar-refractivity contribution in [3.8, 4) is 11.5 Å². The molecule has 2 nitrogen and oxygen atoms in total. The first kappa shape index (κ1) is 14.7. The largest absolute Gasteiger partial charge is 0.455 e. The monoisotopic (exact) mass is 321 g/mol. The van der Waals surface area contributed by atoms with Crippen molar-refractivity contribution in [2.75, 3.05) is 0 Å². The Balaban J connectivity index is 1.74. The minimum atomic E-state index is 0.615. The molecule has 3 rings (SSSR count). The Bertz CT molecular complexity index is 653. The van der Waals surface area contributed by atoms with E-state index in [0.29, 0.717) is 21.8 Å². The molecule has 21 heavy (non-hydrogen) atoms. The molecular formula is C17H17Cl2NO. The minimum Gasteiger partial charge on any atom is -0.455 e. The molecule has 0 unspecified atom stereocenters. The van der Waals surface area contributed by atoms with E-state index in [1.807, 2.05) is 37.3 Å². The van der Waals surface area contributed by atoms with E-state index in [2.05, 4.69) is 5.32 Å². The van der Waals surface area contributed by atoms with Crippen LogP contribution in [-0.4, -0.2) is 6.04 Å². The van der Waals surface area contributed by atoms with Gasteiger partial charge in [-0.3, -0.25) is 0 Å². The van der Waals surface area contributed by atoms with Gasteiger partial charge in [0.05, 0.1) is 5.02 Å². The number of ether oxygens (including phenoxy) is 1. The second-order valence-corrected chi connectivity index (χ2v) is 6.28. The van der Waals surface area contributed by atoms with E-state index in [-0.39, 0.29) is 0 Å². The molecule has 4 heteroatoms. The summed E-state index contributed by atoms with van der Waals surface area (Å²) in [7, 11) is 0. The molecule has 0 amide bonds. The summed E-state index contributed by atoms with van der Waals surface area (Å²) in [5.41, 5.74) is 2.19. The van der Waals surface area contributed by atoms with Gasteiger partial charge in [-0.05, 0) is 55.2 Å². The normalized spacial score (nSPS) is 14.2. The van der Waals surface area contributed by atoms with Gasteiger partial charge in [0.2, 0.25) is 0 Å². The first-order valence-electron chi connectivity index (χ1n) is 7.07. The van der Waals surface area contributed by atoms with E-state index in [0.717, 1.165) is 17.9 Å². The highest BCUT2D eigenvalue weighted by Gasteiger charge is 2.20. The van der Waals surface area contributed by atoms with Gasteiger partial charge in [0, 0.05) is 17.6 Å². The van der Waals surface area contributed by atoms with E-state index in [9.17, 15) is 0 Å². The molecule has 1 aliphatic carbocycles. The van der Waals surface area contributed by atoms with Crippen LogP contribution in [0.15, 0.2) is 36.4 Å². The van der Waals surface area contributed by atoms with Crippen LogP contribution in [0.5, 0.6) is 11.5 Å². The second kappa shape index (κ2) is 6.27. The van der Waals surface area contributed by atoms with E-state index in [1.165, 1.54) is 18.4 Å². The molecule has 0 bridgehead atoms. The molecule has 0 radical (unpaired) electrons. The van der Waals surface area contributed by atoms with Crippen molar-refractivity contribution >= 4 is 23.2 Å². The maximum atomic E-state index is 6.32. The Morgan fingerprint density at radius 1 is 1.10 bits per heavy atom. The highest BCUT2D eigenvalue weighted by Crippen LogP contribution is 2.33. The molecule has 0 spiro atoms. The van der Waals surface area contributed by atoms with Crippen molar-refractivity contribution in [1.82, 2.24) is 5.32 Å². The third kappa shape index (κ3) is 3.91. The average Bonchev–Trinajstić information content (AvgIpc) is 3.27. The van der Waals surface area contributed by atoms with Crippen LogP contribution in [0.25, 0.3) is 0 Å². The van der Waals surface area contributed by atoms with Crippen molar-refractivity contribution in [2.45, 2.75) is 32.4 Å². The molecular weight excluding hydrogens is 305 g/mol. The lowest BCUT2D eigenvalue weighted by Gasteiger charge is -2.12. The van der Waals surface area contributed by atoms with Crippen LogP contribution in [0.3, 0.4) is 0 Å². The quantitative estimate of drug-likeness (QED) is 0.801. The molecule has 0 saturated heterocycles. The molecule has 0 atom stereocenters. The summed E-state index contributed by atoms with van der Waals surface area (Å²) in [4.78, 5) is 0. The molecule has 0 heterocycles. The number of hydrogen-bond donors (Lipinski definition) is 1. The van der Waals surface area contributed by atoms with Crippen LogP contribution < -0.4 is 10.1 Å². The zero-order valence-corrected chi connectivity index (χ0v) is 13.3. The maximum Gasteiger partial charge on any atom is 0.146 e. The molecule has 110 valence electrons. The van der Waals surface area contributed by atoms with E-state index >= 15 is 0 Å². The molecule has 2 aromatic rings. The number of hydrogen-bond acceptors (Lipinski definition) is 2. The van der Waals surface area contributed by atoms with Crippen LogP contribution in [0.2, 0.25) is 10.0 Å². The smallest absolute Gasteiger partial charge is 0.146 e. The van der Waals surface area contributed by atoms with Crippen molar-refractivity contribution in [2.24, 2.45) is 0 Å². The lowest BCUT2D eigenvalue weighted by atomic mass is 10.2. The Labute approximate surface area is 135 Å². The summed E-state index contributed by atoms with van der Waals surface area (Å²) in [6, 6.07) is 12.2. The molecule has 2 aromatic carbocycles. The van der Waals surface area contributed by atoms with E-state index in [1.54, 1.807) is 6.07 Å². The third-order valence-electron chi connectivity index (χ3n) is 3.54. The van der Waals surface area contributed by atoms with Crippen LogP contribution in [-0.2, 0) is 6.54 Å². The first-order valence-corrected chi connectivity index (χ1v) is 7.83. The van der Waals surface area contributed by atoms with Crippen LogP contribution in [0, 0.1) is 6.92 Å². The SMILES string of the molecule is Cc1ccc(Cl)cc1Oc1ccc(CNC2CC2)cc1Cl. The highest BCUT2D eigenvalue weighted by molar-refractivity contribution is 6.32. The summed E-state index contributed by atoms with van der Waals surface area (Å²) < 4.78 is 5.88. The number of aryl methyl sites for hydroxylation is 1. The predicted molar refractivity (Wildman–Crippen MR) is 87.6 cm³/mol. The zero-order valence-electron chi connectivity index (χ0n) is 11.8. The molecule has 1 saturated carbocycles.